The normalized spacial score (nSPS) is 11.1. The second kappa shape index (κ2) is 10.0. The molecule has 29 heavy (non-hydrogen) atoms. The van der Waals surface area contributed by atoms with E-state index in [1.54, 1.807) is 56.1 Å². The molecule has 0 saturated carbocycles. The second-order valence-electron chi connectivity index (χ2n) is 5.98. The molecule has 0 aliphatic rings. The van der Waals surface area contributed by atoms with Crippen molar-refractivity contribution in [1.29, 1.82) is 0 Å². The van der Waals surface area contributed by atoms with E-state index in [-0.39, 0.29) is 18.4 Å². The van der Waals surface area contributed by atoms with Crippen molar-refractivity contribution >= 4 is 40.4 Å². The molecule has 3 aromatic rings. The Labute approximate surface area is 172 Å². The van der Waals surface area contributed by atoms with Gasteiger partial charge in [0.15, 0.2) is 5.13 Å². The number of hydrogen-bond donors (Lipinski definition) is 1. The third-order valence-corrected chi connectivity index (χ3v) is 4.78. The Morgan fingerprint density at radius 2 is 1.72 bits per heavy atom. The first kappa shape index (κ1) is 20.1. The van der Waals surface area contributed by atoms with Gasteiger partial charge in [0.1, 0.15) is 0 Å². The van der Waals surface area contributed by atoms with Crippen molar-refractivity contribution in [2.24, 2.45) is 0 Å². The van der Waals surface area contributed by atoms with Gasteiger partial charge >= 0.3 is 0 Å². The molecular weight excluding hydrogens is 386 g/mol. The van der Waals surface area contributed by atoms with Crippen molar-refractivity contribution in [3.8, 4) is 0 Å². The topological polar surface area (TPSA) is 88.1 Å². The minimum Gasteiger partial charge on any atom is -0.347 e. The average Bonchev–Trinajstić information content (AvgIpc) is 3.24. The molecule has 0 saturated heterocycles. The summed E-state index contributed by atoms with van der Waals surface area (Å²) in [6, 6.07) is 7.34. The molecule has 0 bridgehead atoms. The number of aromatic nitrogens is 3. The summed E-state index contributed by atoms with van der Waals surface area (Å²) in [7, 11) is 1.66. The maximum atomic E-state index is 12.3. The minimum absolute atomic E-state index is 0.196. The first-order valence-corrected chi connectivity index (χ1v) is 9.66. The van der Waals surface area contributed by atoms with Crippen LogP contribution in [0.3, 0.4) is 0 Å². The summed E-state index contributed by atoms with van der Waals surface area (Å²) in [5, 5.41) is 5.14. The zero-order chi connectivity index (χ0) is 20.5. The molecule has 0 aliphatic carbocycles. The molecule has 0 unspecified atom stereocenters. The number of anilines is 1. The number of hydrogen-bond acceptors (Lipinski definition) is 6. The van der Waals surface area contributed by atoms with Crippen LogP contribution in [0.15, 0.2) is 66.6 Å². The molecule has 0 spiro atoms. The van der Waals surface area contributed by atoms with E-state index in [0.29, 0.717) is 10.8 Å². The number of likely N-dealkylation sites (N-methyl/N-ethyl adjacent to an activating group) is 1. The summed E-state index contributed by atoms with van der Waals surface area (Å²) in [6.07, 6.45) is 13.0. The number of nitrogens with one attached hydrogen (secondary N) is 1. The number of rotatable bonds is 7. The van der Waals surface area contributed by atoms with E-state index in [9.17, 15) is 9.59 Å². The van der Waals surface area contributed by atoms with Crippen LogP contribution >= 0.6 is 11.3 Å². The minimum atomic E-state index is -0.229. The molecular formula is C21H19N5O2S. The number of nitrogens with zero attached hydrogens (tertiary/aromatic N) is 4. The van der Waals surface area contributed by atoms with Gasteiger partial charge in [-0.15, -0.1) is 11.3 Å². The summed E-state index contributed by atoms with van der Waals surface area (Å²) in [5.74, 6) is -0.426. The molecule has 2 amide bonds. The molecule has 146 valence electrons. The fourth-order valence-corrected chi connectivity index (χ4v) is 3.06. The molecule has 8 heteroatoms. The molecule has 0 fully saturated rings. The third-order valence-electron chi connectivity index (χ3n) is 3.82. The van der Waals surface area contributed by atoms with Gasteiger partial charge in [0.05, 0.1) is 12.2 Å². The number of pyridine rings is 2. The van der Waals surface area contributed by atoms with Crippen LogP contribution in [0.5, 0.6) is 0 Å². The van der Waals surface area contributed by atoms with Crippen molar-refractivity contribution in [3.63, 3.8) is 0 Å². The molecule has 0 radical (unpaired) electrons. The van der Waals surface area contributed by atoms with Crippen molar-refractivity contribution in [2.45, 2.75) is 6.54 Å². The van der Waals surface area contributed by atoms with Crippen LogP contribution in [0.2, 0.25) is 0 Å². The quantitative estimate of drug-likeness (QED) is 0.611. The van der Waals surface area contributed by atoms with Crippen molar-refractivity contribution in [2.75, 3.05) is 11.9 Å². The van der Waals surface area contributed by atoms with Gasteiger partial charge in [-0.1, -0.05) is 12.1 Å². The highest BCUT2D eigenvalue weighted by molar-refractivity contribution is 7.14. The Morgan fingerprint density at radius 3 is 2.34 bits per heavy atom. The molecule has 0 aliphatic heterocycles. The average molecular weight is 405 g/mol. The van der Waals surface area contributed by atoms with Crippen LogP contribution < -0.4 is 10.2 Å². The Morgan fingerprint density at radius 1 is 1.07 bits per heavy atom. The molecule has 3 aromatic heterocycles. The summed E-state index contributed by atoms with van der Waals surface area (Å²) in [5.41, 5.74) is 2.37. The van der Waals surface area contributed by atoms with Gasteiger partial charge in [-0.3, -0.25) is 24.5 Å². The highest BCUT2D eigenvalue weighted by atomic mass is 32.1. The second-order valence-corrected chi connectivity index (χ2v) is 6.81. The first-order chi connectivity index (χ1) is 14.1. The van der Waals surface area contributed by atoms with Gasteiger partial charge in [-0.25, -0.2) is 4.98 Å². The van der Waals surface area contributed by atoms with Gasteiger partial charge in [-0.05, 0) is 35.4 Å². The van der Waals surface area contributed by atoms with Crippen LogP contribution in [0.1, 0.15) is 16.8 Å². The Kier molecular flexibility index (Phi) is 6.96. The van der Waals surface area contributed by atoms with Crippen LogP contribution in [-0.4, -0.2) is 33.8 Å². The lowest BCUT2D eigenvalue weighted by molar-refractivity contribution is -0.116. The summed E-state index contributed by atoms with van der Waals surface area (Å²) < 4.78 is 0. The van der Waals surface area contributed by atoms with E-state index in [1.165, 1.54) is 28.4 Å². The zero-order valence-corrected chi connectivity index (χ0v) is 16.5. The van der Waals surface area contributed by atoms with E-state index in [4.69, 9.17) is 0 Å². The predicted molar refractivity (Wildman–Crippen MR) is 114 cm³/mol. The maximum absolute atomic E-state index is 12.3. The molecule has 1 N–H and O–H groups in total. The lowest BCUT2D eigenvalue weighted by atomic mass is 10.2. The lowest BCUT2D eigenvalue weighted by Crippen LogP contribution is -2.24. The third kappa shape index (κ3) is 6.18. The fraction of sp³-hybridized carbons (Fsp3) is 0.0952. The van der Waals surface area contributed by atoms with Crippen molar-refractivity contribution in [1.82, 2.24) is 20.3 Å². The summed E-state index contributed by atoms with van der Waals surface area (Å²) >= 11 is 1.34. The Balaban J connectivity index is 1.52. The van der Waals surface area contributed by atoms with Gasteiger partial charge < -0.3 is 5.32 Å². The molecule has 7 nitrogen and oxygen atoms in total. The van der Waals surface area contributed by atoms with Crippen LogP contribution in [-0.2, 0) is 16.1 Å². The zero-order valence-electron chi connectivity index (χ0n) is 15.7. The van der Waals surface area contributed by atoms with E-state index >= 15 is 0 Å². The van der Waals surface area contributed by atoms with E-state index in [2.05, 4.69) is 20.3 Å². The number of thiazole rings is 1. The van der Waals surface area contributed by atoms with Crippen LogP contribution in [0.25, 0.3) is 12.2 Å². The molecule has 0 atom stereocenters. The largest absolute Gasteiger partial charge is 0.347 e. The molecule has 0 aromatic carbocycles. The lowest BCUT2D eigenvalue weighted by Gasteiger charge is -2.10. The monoisotopic (exact) mass is 405 g/mol. The highest BCUT2D eigenvalue weighted by Gasteiger charge is 2.12. The summed E-state index contributed by atoms with van der Waals surface area (Å²) in [4.78, 5) is 38.1. The van der Waals surface area contributed by atoms with Gasteiger partial charge in [-0.2, -0.15) is 0 Å². The number of carbonyl (C=O) groups is 2. The SMILES string of the molecule is CN(C(=O)/C=C/c1cccnc1)c1nc(CNC(=O)/C=C/c2cccnc2)cs1. The van der Waals surface area contributed by atoms with E-state index in [1.807, 2.05) is 17.5 Å². The standard InChI is InChI=1S/C21H19N5O2S/c1-26(20(28)9-7-17-5-3-11-23-13-17)21-25-18(15-29-21)14-24-19(27)8-6-16-4-2-10-22-12-16/h2-13,15H,14H2,1H3,(H,24,27)/b8-6+,9-7+. The summed E-state index contributed by atoms with van der Waals surface area (Å²) in [6.45, 7) is 0.278. The van der Waals surface area contributed by atoms with E-state index in [0.717, 1.165) is 11.1 Å². The van der Waals surface area contributed by atoms with Crippen molar-refractivity contribution < 1.29 is 9.59 Å². The van der Waals surface area contributed by atoms with Gasteiger partial charge in [0.25, 0.3) is 5.91 Å². The molecule has 3 rings (SSSR count). The Hall–Kier alpha value is -3.65. The highest BCUT2D eigenvalue weighted by Crippen LogP contribution is 2.19. The van der Waals surface area contributed by atoms with Crippen LogP contribution in [0.4, 0.5) is 5.13 Å². The Bertz CT molecular complexity index is 1020. The predicted octanol–water partition coefficient (Wildman–Crippen LogP) is 2.94. The van der Waals surface area contributed by atoms with E-state index < -0.39 is 0 Å². The van der Waals surface area contributed by atoms with Gasteiger partial charge in [0, 0.05) is 49.4 Å². The van der Waals surface area contributed by atoms with Crippen molar-refractivity contribution in [3.05, 3.63) is 83.4 Å². The fourth-order valence-electron chi connectivity index (χ4n) is 2.26. The number of carbonyl (C=O) groups excluding carboxylic acids is 2. The van der Waals surface area contributed by atoms with Crippen LogP contribution in [0, 0.1) is 0 Å². The first-order valence-electron chi connectivity index (χ1n) is 8.78. The van der Waals surface area contributed by atoms with Gasteiger partial charge in [0.2, 0.25) is 5.91 Å². The maximum Gasteiger partial charge on any atom is 0.252 e. The molecule has 3 heterocycles. The smallest absolute Gasteiger partial charge is 0.252 e. The number of amides is 2.